The summed E-state index contributed by atoms with van der Waals surface area (Å²) in [7, 11) is 3.70. The van der Waals surface area contributed by atoms with Gasteiger partial charge in [-0.2, -0.15) is 13.2 Å². The molecule has 2 aliphatic rings. The number of amides is 1. The number of ketones is 1. The number of aliphatic hydroxyl groups is 1. The number of aliphatic hydroxyl groups excluding tert-OH is 1. The first kappa shape index (κ1) is 25.2. The number of alkyl halides is 3. The first-order chi connectivity index (χ1) is 18.1. The second kappa shape index (κ2) is 9.44. The van der Waals surface area contributed by atoms with Gasteiger partial charge in [0.25, 0.3) is 11.7 Å². The molecule has 1 atom stereocenters. The second-order valence-electron chi connectivity index (χ2n) is 9.06. The molecular weight excluding hydrogens is 501 g/mol. The number of rotatable bonds is 4. The van der Waals surface area contributed by atoms with Gasteiger partial charge in [-0.3, -0.25) is 14.5 Å². The molecule has 3 aromatic carbocycles. The Labute approximate surface area is 216 Å². The van der Waals surface area contributed by atoms with Crippen LogP contribution in [0.4, 0.5) is 24.5 Å². The molecule has 10 heteroatoms. The molecule has 196 valence electrons. The van der Waals surface area contributed by atoms with Crippen molar-refractivity contribution >= 4 is 28.8 Å². The highest BCUT2D eigenvalue weighted by Gasteiger charge is 2.47. The van der Waals surface area contributed by atoms with E-state index in [4.69, 9.17) is 9.47 Å². The monoisotopic (exact) mass is 524 g/mol. The van der Waals surface area contributed by atoms with Gasteiger partial charge in [0.1, 0.15) is 19.0 Å². The Morgan fingerprint density at radius 2 is 1.55 bits per heavy atom. The summed E-state index contributed by atoms with van der Waals surface area (Å²) < 4.78 is 50.6. The molecule has 1 unspecified atom stereocenters. The molecule has 0 saturated carbocycles. The lowest BCUT2D eigenvalue weighted by atomic mass is 9.94. The molecule has 0 aliphatic carbocycles. The standard InChI is InChI=1S/C28H23F3N2O5/c1-32(2)19-8-3-16(4-9-19)24-23(25(34)17-5-12-21-22(15-17)38-14-13-37-21)26(35)27(36)33(24)20-10-6-18(7-11-20)28(29,30)31/h3-12,15,24,34H,13-14H2,1-2H3/b25-23-. The summed E-state index contributed by atoms with van der Waals surface area (Å²) >= 11 is 0. The van der Waals surface area contributed by atoms with E-state index in [1.165, 1.54) is 6.07 Å². The van der Waals surface area contributed by atoms with Crippen molar-refractivity contribution in [1.82, 2.24) is 0 Å². The Balaban J connectivity index is 1.66. The molecule has 0 aromatic heterocycles. The van der Waals surface area contributed by atoms with Crippen LogP contribution in [0.1, 0.15) is 22.7 Å². The Morgan fingerprint density at radius 1 is 0.921 bits per heavy atom. The van der Waals surface area contributed by atoms with Gasteiger partial charge >= 0.3 is 6.18 Å². The van der Waals surface area contributed by atoms with Crippen LogP contribution in [0.2, 0.25) is 0 Å². The van der Waals surface area contributed by atoms with Crippen molar-refractivity contribution in [2.24, 2.45) is 0 Å². The minimum atomic E-state index is -4.56. The summed E-state index contributed by atoms with van der Waals surface area (Å²) in [6.07, 6.45) is -4.56. The number of nitrogens with zero attached hydrogens (tertiary/aromatic N) is 2. The molecule has 2 aliphatic heterocycles. The summed E-state index contributed by atoms with van der Waals surface area (Å²) in [6, 6.07) is 14.5. The molecule has 1 fully saturated rings. The summed E-state index contributed by atoms with van der Waals surface area (Å²) in [5, 5.41) is 11.3. The van der Waals surface area contributed by atoms with E-state index in [2.05, 4.69) is 0 Å². The van der Waals surface area contributed by atoms with E-state index in [9.17, 15) is 27.9 Å². The molecule has 1 saturated heterocycles. The number of ether oxygens (including phenoxy) is 2. The normalized spacial score (nSPS) is 18.6. The van der Waals surface area contributed by atoms with Gasteiger partial charge < -0.3 is 19.5 Å². The lowest BCUT2D eigenvalue weighted by Gasteiger charge is -2.26. The third kappa shape index (κ3) is 4.42. The maximum atomic E-state index is 13.3. The maximum absolute atomic E-state index is 13.3. The number of hydrogen-bond acceptors (Lipinski definition) is 6. The Kier molecular flexibility index (Phi) is 6.26. The zero-order valence-corrected chi connectivity index (χ0v) is 20.5. The highest BCUT2D eigenvalue weighted by atomic mass is 19.4. The van der Waals surface area contributed by atoms with Crippen molar-refractivity contribution in [2.75, 3.05) is 37.1 Å². The van der Waals surface area contributed by atoms with Gasteiger partial charge in [-0.15, -0.1) is 0 Å². The quantitative estimate of drug-likeness (QED) is 0.288. The van der Waals surface area contributed by atoms with Crippen LogP contribution in [-0.4, -0.2) is 44.1 Å². The molecule has 1 N–H and O–H groups in total. The van der Waals surface area contributed by atoms with Crippen molar-refractivity contribution in [2.45, 2.75) is 12.2 Å². The molecule has 3 aromatic rings. The highest BCUT2D eigenvalue weighted by Crippen LogP contribution is 2.44. The van der Waals surface area contributed by atoms with Crippen LogP contribution in [0.3, 0.4) is 0 Å². The Hall–Kier alpha value is -4.47. The van der Waals surface area contributed by atoms with E-state index in [1.54, 1.807) is 36.4 Å². The van der Waals surface area contributed by atoms with E-state index >= 15 is 0 Å². The lowest BCUT2D eigenvalue weighted by Crippen LogP contribution is -2.29. The minimum absolute atomic E-state index is 0.0861. The van der Waals surface area contributed by atoms with Crippen LogP contribution in [-0.2, 0) is 15.8 Å². The van der Waals surface area contributed by atoms with Crippen LogP contribution < -0.4 is 19.3 Å². The average molecular weight is 524 g/mol. The third-order valence-corrected chi connectivity index (χ3v) is 6.46. The van der Waals surface area contributed by atoms with E-state index in [1.807, 2.05) is 19.0 Å². The van der Waals surface area contributed by atoms with E-state index in [0.717, 1.165) is 34.9 Å². The molecule has 0 radical (unpaired) electrons. The lowest BCUT2D eigenvalue weighted by molar-refractivity contribution is -0.137. The summed E-state index contributed by atoms with van der Waals surface area (Å²) in [6.45, 7) is 0.688. The molecule has 0 bridgehead atoms. The van der Waals surface area contributed by atoms with Crippen LogP contribution >= 0.6 is 0 Å². The predicted octanol–water partition coefficient (Wildman–Crippen LogP) is 5.17. The molecule has 38 heavy (non-hydrogen) atoms. The van der Waals surface area contributed by atoms with E-state index in [-0.39, 0.29) is 16.8 Å². The number of benzene rings is 3. The van der Waals surface area contributed by atoms with Crippen molar-refractivity contribution < 1.29 is 37.3 Å². The van der Waals surface area contributed by atoms with Gasteiger partial charge in [0.05, 0.1) is 17.2 Å². The van der Waals surface area contributed by atoms with Gasteiger partial charge in [0.15, 0.2) is 11.5 Å². The number of carbonyl (C=O) groups is 2. The maximum Gasteiger partial charge on any atom is 0.416 e. The number of fused-ring (bicyclic) bond motifs is 1. The second-order valence-corrected chi connectivity index (χ2v) is 9.06. The number of anilines is 2. The minimum Gasteiger partial charge on any atom is -0.507 e. The van der Waals surface area contributed by atoms with Crippen molar-refractivity contribution in [1.29, 1.82) is 0 Å². The zero-order chi connectivity index (χ0) is 27.2. The van der Waals surface area contributed by atoms with Crippen LogP contribution in [0.15, 0.2) is 72.3 Å². The molecule has 7 nitrogen and oxygen atoms in total. The fourth-order valence-corrected chi connectivity index (χ4v) is 4.53. The first-order valence-corrected chi connectivity index (χ1v) is 11.7. The SMILES string of the molecule is CN(C)c1ccc(C2/C(=C(/O)c3ccc4c(c3)OCCO4)C(=O)C(=O)N2c2ccc(C(F)(F)F)cc2)cc1. The van der Waals surface area contributed by atoms with Crippen molar-refractivity contribution in [3.63, 3.8) is 0 Å². The summed E-state index contributed by atoms with van der Waals surface area (Å²) in [5.41, 5.74) is 0.587. The van der Waals surface area contributed by atoms with Gasteiger partial charge in [-0.25, -0.2) is 0 Å². The average Bonchev–Trinajstić information content (AvgIpc) is 3.17. The molecule has 5 rings (SSSR count). The topological polar surface area (TPSA) is 79.3 Å². The first-order valence-electron chi connectivity index (χ1n) is 11.7. The fourth-order valence-electron chi connectivity index (χ4n) is 4.53. The van der Waals surface area contributed by atoms with Gasteiger partial charge in [-0.05, 0) is 60.2 Å². The van der Waals surface area contributed by atoms with Gasteiger partial charge in [-0.1, -0.05) is 12.1 Å². The molecule has 2 heterocycles. The van der Waals surface area contributed by atoms with Crippen LogP contribution in [0, 0.1) is 0 Å². The third-order valence-electron chi connectivity index (χ3n) is 6.46. The van der Waals surface area contributed by atoms with Gasteiger partial charge in [0, 0.05) is 31.0 Å². The van der Waals surface area contributed by atoms with E-state index < -0.39 is 35.2 Å². The van der Waals surface area contributed by atoms with E-state index in [0.29, 0.717) is 30.3 Å². The zero-order valence-electron chi connectivity index (χ0n) is 20.5. The van der Waals surface area contributed by atoms with Crippen molar-refractivity contribution in [3.05, 3.63) is 89.0 Å². The van der Waals surface area contributed by atoms with Gasteiger partial charge in [0.2, 0.25) is 0 Å². The summed E-state index contributed by atoms with van der Waals surface area (Å²) in [5.74, 6) is -1.50. The number of halogens is 3. The summed E-state index contributed by atoms with van der Waals surface area (Å²) in [4.78, 5) is 29.6. The van der Waals surface area contributed by atoms with Crippen LogP contribution in [0.5, 0.6) is 11.5 Å². The predicted molar refractivity (Wildman–Crippen MR) is 134 cm³/mol. The molecular formula is C28H23F3N2O5. The molecule has 1 amide bonds. The van der Waals surface area contributed by atoms with Crippen molar-refractivity contribution in [3.8, 4) is 11.5 Å². The fraction of sp³-hybridized carbons (Fsp3) is 0.214. The number of Topliss-reactive ketones (excluding diaryl/α,β-unsaturated/α-hetero) is 1. The van der Waals surface area contributed by atoms with Crippen LogP contribution in [0.25, 0.3) is 5.76 Å². The number of carbonyl (C=O) groups excluding carboxylic acids is 2. The Bertz CT molecular complexity index is 1430. The Morgan fingerprint density at radius 3 is 2.16 bits per heavy atom. The highest BCUT2D eigenvalue weighted by molar-refractivity contribution is 6.51. The molecule has 0 spiro atoms. The number of hydrogen-bond donors (Lipinski definition) is 1. The largest absolute Gasteiger partial charge is 0.507 e. The smallest absolute Gasteiger partial charge is 0.416 e.